The summed E-state index contributed by atoms with van der Waals surface area (Å²) in [5.41, 5.74) is 0.689. The molecule has 2 aromatic carbocycles. The van der Waals surface area contributed by atoms with Crippen molar-refractivity contribution in [2.24, 2.45) is 0 Å². The normalized spacial score (nSPS) is 16.1. The Hall–Kier alpha value is -2.27. The maximum atomic E-state index is 14.2. The van der Waals surface area contributed by atoms with Crippen LogP contribution in [0.25, 0.3) is 11.3 Å². The molecule has 0 bridgehead atoms. The summed E-state index contributed by atoms with van der Waals surface area (Å²) in [5, 5.41) is 0. The second kappa shape index (κ2) is 6.56. The molecule has 1 aliphatic rings. The van der Waals surface area contributed by atoms with Gasteiger partial charge in [-0.15, -0.1) is 11.8 Å². The summed E-state index contributed by atoms with van der Waals surface area (Å²) in [5.74, 6) is 0.578. The number of rotatable bonds is 4. The summed E-state index contributed by atoms with van der Waals surface area (Å²) in [7, 11) is 1.57. The second-order valence-corrected chi connectivity index (χ2v) is 7.07. The van der Waals surface area contributed by atoms with Crippen LogP contribution in [0.2, 0.25) is 0 Å². The molecule has 1 aliphatic heterocycles. The Morgan fingerprint density at radius 1 is 1.12 bits per heavy atom. The van der Waals surface area contributed by atoms with Crippen molar-refractivity contribution in [2.75, 3.05) is 13.4 Å². The molecular formula is C20H19FO3S. The largest absolute Gasteiger partial charge is 0.497 e. The van der Waals surface area contributed by atoms with Crippen LogP contribution in [0.4, 0.5) is 4.39 Å². The second-order valence-electron chi connectivity index (χ2n) is 6.23. The molecule has 0 aliphatic carbocycles. The highest BCUT2D eigenvalue weighted by atomic mass is 32.2. The number of halogens is 1. The first-order valence-corrected chi connectivity index (χ1v) is 9.06. The van der Waals surface area contributed by atoms with Crippen molar-refractivity contribution < 1.29 is 18.7 Å². The number of methoxy groups -OCH3 is 1. The number of ether oxygens (including phenoxy) is 2. The van der Waals surface area contributed by atoms with Gasteiger partial charge in [0.1, 0.15) is 17.3 Å². The molecule has 130 valence electrons. The quantitative estimate of drug-likeness (QED) is 0.735. The molecule has 0 radical (unpaired) electrons. The Morgan fingerprint density at radius 2 is 1.88 bits per heavy atom. The van der Waals surface area contributed by atoms with E-state index in [1.165, 1.54) is 17.8 Å². The van der Waals surface area contributed by atoms with Crippen molar-refractivity contribution in [3.63, 3.8) is 0 Å². The molecule has 0 unspecified atom stereocenters. The SMILES string of the molecule is COc1cccc(C2=C(c3ccc(SC)c(F)c3)OC(C)(C)C2=O)c1. The van der Waals surface area contributed by atoms with E-state index in [4.69, 9.17) is 9.47 Å². The van der Waals surface area contributed by atoms with Gasteiger partial charge in [-0.2, -0.15) is 0 Å². The van der Waals surface area contributed by atoms with Gasteiger partial charge in [-0.25, -0.2) is 4.39 Å². The lowest BCUT2D eigenvalue weighted by Gasteiger charge is -2.18. The Labute approximate surface area is 150 Å². The Morgan fingerprint density at radius 3 is 2.52 bits per heavy atom. The molecule has 25 heavy (non-hydrogen) atoms. The van der Waals surface area contributed by atoms with E-state index in [0.717, 1.165) is 0 Å². The minimum atomic E-state index is -0.998. The fourth-order valence-electron chi connectivity index (χ4n) is 2.81. The van der Waals surface area contributed by atoms with E-state index in [1.807, 2.05) is 24.5 Å². The predicted molar refractivity (Wildman–Crippen MR) is 98.2 cm³/mol. The molecule has 0 saturated carbocycles. The fraction of sp³-hybridized carbons (Fsp3) is 0.250. The summed E-state index contributed by atoms with van der Waals surface area (Å²) in [4.78, 5) is 13.4. The zero-order chi connectivity index (χ0) is 18.2. The van der Waals surface area contributed by atoms with Gasteiger partial charge in [0.15, 0.2) is 5.60 Å². The monoisotopic (exact) mass is 358 g/mol. The lowest BCUT2D eigenvalue weighted by Crippen LogP contribution is -2.29. The molecule has 1 heterocycles. The number of thioether (sulfide) groups is 1. The number of hydrogen-bond donors (Lipinski definition) is 0. The van der Waals surface area contributed by atoms with Gasteiger partial charge in [-0.1, -0.05) is 12.1 Å². The molecule has 0 saturated heterocycles. The number of hydrogen-bond acceptors (Lipinski definition) is 4. The molecule has 0 aromatic heterocycles. The Balaban J connectivity index is 2.19. The van der Waals surface area contributed by atoms with E-state index < -0.39 is 5.60 Å². The van der Waals surface area contributed by atoms with Gasteiger partial charge in [-0.3, -0.25) is 4.79 Å². The number of carbonyl (C=O) groups excluding carboxylic acids is 1. The first kappa shape index (κ1) is 17.5. The van der Waals surface area contributed by atoms with Crippen molar-refractivity contribution in [3.05, 3.63) is 59.4 Å². The number of ketones is 1. The molecule has 0 fully saturated rings. The van der Waals surface area contributed by atoms with Gasteiger partial charge in [-0.05, 0) is 56.0 Å². The van der Waals surface area contributed by atoms with Gasteiger partial charge >= 0.3 is 0 Å². The third-order valence-electron chi connectivity index (χ3n) is 4.13. The predicted octanol–water partition coefficient (Wildman–Crippen LogP) is 4.80. The molecule has 3 nitrogen and oxygen atoms in total. The van der Waals surface area contributed by atoms with Crippen LogP contribution in [0.15, 0.2) is 47.4 Å². The van der Waals surface area contributed by atoms with Gasteiger partial charge in [0.05, 0.1) is 12.7 Å². The van der Waals surface area contributed by atoms with E-state index in [2.05, 4.69) is 0 Å². The first-order chi connectivity index (χ1) is 11.9. The zero-order valence-corrected chi connectivity index (χ0v) is 15.4. The fourth-order valence-corrected chi connectivity index (χ4v) is 3.27. The maximum absolute atomic E-state index is 14.2. The molecule has 0 spiro atoms. The summed E-state index contributed by atoms with van der Waals surface area (Å²) in [6, 6.07) is 12.1. The van der Waals surface area contributed by atoms with E-state index in [-0.39, 0.29) is 11.6 Å². The van der Waals surface area contributed by atoms with Crippen LogP contribution in [0.1, 0.15) is 25.0 Å². The van der Waals surface area contributed by atoms with E-state index >= 15 is 0 Å². The Bertz CT molecular complexity index is 871. The van der Waals surface area contributed by atoms with Crippen LogP contribution in [0, 0.1) is 5.82 Å². The summed E-state index contributed by atoms with van der Waals surface area (Å²) < 4.78 is 25.4. The van der Waals surface area contributed by atoms with Crippen molar-refractivity contribution >= 4 is 28.9 Å². The summed E-state index contributed by atoms with van der Waals surface area (Å²) in [6.07, 6.45) is 1.82. The van der Waals surface area contributed by atoms with Gasteiger partial charge in [0, 0.05) is 10.5 Å². The lowest BCUT2D eigenvalue weighted by atomic mass is 9.92. The van der Waals surface area contributed by atoms with Gasteiger partial charge in [0.25, 0.3) is 0 Å². The standard InChI is InChI=1S/C20H19FO3S/c1-20(2)19(22)17(12-6-5-7-14(10-12)23-3)18(24-20)13-8-9-16(25-4)15(21)11-13/h5-11H,1-4H3. The molecule has 5 heteroatoms. The average Bonchev–Trinajstić information content (AvgIpc) is 2.85. The van der Waals surface area contributed by atoms with Crippen molar-refractivity contribution in [3.8, 4) is 5.75 Å². The van der Waals surface area contributed by atoms with Crippen LogP contribution in [0.3, 0.4) is 0 Å². The van der Waals surface area contributed by atoms with E-state index in [1.54, 1.807) is 39.2 Å². The molecule has 0 atom stereocenters. The lowest BCUT2D eigenvalue weighted by molar-refractivity contribution is -0.125. The van der Waals surface area contributed by atoms with Crippen LogP contribution in [-0.4, -0.2) is 24.7 Å². The highest BCUT2D eigenvalue weighted by Gasteiger charge is 2.43. The van der Waals surface area contributed by atoms with Crippen LogP contribution in [0.5, 0.6) is 5.75 Å². The first-order valence-electron chi connectivity index (χ1n) is 7.84. The molecule has 0 amide bonds. The van der Waals surface area contributed by atoms with Gasteiger partial charge < -0.3 is 9.47 Å². The van der Waals surface area contributed by atoms with Crippen LogP contribution < -0.4 is 4.74 Å². The number of Topliss-reactive ketones (excluding diaryl/α,β-unsaturated/α-hetero) is 1. The molecule has 0 N–H and O–H groups in total. The van der Waals surface area contributed by atoms with E-state index in [0.29, 0.717) is 33.1 Å². The van der Waals surface area contributed by atoms with Crippen molar-refractivity contribution in [2.45, 2.75) is 24.3 Å². The molecule has 2 aromatic rings. The van der Waals surface area contributed by atoms with Gasteiger partial charge in [0.2, 0.25) is 5.78 Å². The van der Waals surface area contributed by atoms with E-state index in [9.17, 15) is 9.18 Å². The van der Waals surface area contributed by atoms with Crippen LogP contribution in [-0.2, 0) is 9.53 Å². The summed E-state index contributed by atoms with van der Waals surface area (Å²) >= 11 is 1.33. The minimum Gasteiger partial charge on any atom is -0.497 e. The topological polar surface area (TPSA) is 35.5 Å². The zero-order valence-electron chi connectivity index (χ0n) is 14.6. The number of carbonyl (C=O) groups is 1. The minimum absolute atomic E-state index is 0.134. The third-order valence-corrected chi connectivity index (χ3v) is 4.90. The highest BCUT2D eigenvalue weighted by Crippen LogP contribution is 2.42. The molecule has 3 rings (SSSR count). The Kier molecular flexibility index (Phi) is 4.60. The van der Waals surface area contributed by atoms with Crippen molar-refractivity contribution in [1.82, 2.24) is 0 Å². The van der Waals surface area contributed by atoms with Crippen LogP contribution >= 0.6 is 11.8 Å². The molecular weight excluding hydrogens is 339 g/mol. The third kappa shape index (κ3) is 3.16. The average molecular weight is 358 g/mol. The highest BCUT2D eigenvalue weighted by molar-refractivity contribution is 7.98. The maximum Gasteiger partial charge on any atom is 0.210 e. The smallest absolute Gasteiger partial charge is 0.210 e. The number of benzene rings is 2. The summed E-state index contributed by atoms with van der Waals surface area (Å²) in [6.45, 7) is 3.43. The van der Waals surface area contributed by atoms with Crippen molar-refractivity contribution in [1.29, 1.82) is 0 Å².